The number of fused-ring (bicyclic) bond motifs is 1. The van der Waals surface area contributed by atoms with Crippen LogP contribution in [0.3, 0.4) is 0 Å². The Morgan fingerprint density at radius 2 is 2.00 bits per heavy atom. The highest BCUT2D eigenvalue weighted by molar-refractivity contribution is 5.90. The first-order valence-electron chi connectivity index (χ1n) is 6.83. The second-order valence-electron chi connectivity index (χ2n) is 4.99. The predicted octanol–water partition coefficient (Wildman–Crippen LogP) is 1.53. The number of hydrazine groups is 1. The second-order valence-corrected chi connectivity index (χ2v) is 4.99. The highest BCUT2D eigenvalue weighted by Crippen LogP contribution is 2.27. The van der Waals surface area contributed by atoms with Gasteiger partial charge in [0.1, 0.15) is 5.82 Å². The molecule has 1 aromatic heterocycles. The number of hydrogen-bond acceptors (Lipinski definition) is 6. The zero-order valence-corrected chi connectivity index (χ0v) is 11.5. The molecule has 3 rings (SSSR count). The molecule has 1 aliphatic rings. The lowest BCUT2D eigenvalue weighted by Crippen LogP contribution is -2.37. The van der Waals surface area contributed by atoms with Crippen molar-refractivity contribution in [1.82, 2.24) is 9.97 Å². The number of aromatic nitrogens is 2. The summed E-state index contributed by atoms with van der Waals surface area (Å²) in [6, 6.07) is 8.42. The lowest BCUT2D eigenvalue weighted by Gasteiger charge is -2.32. The van der Waals surface area contributed by atoms with Crippen molar-refractivity contribution in [2.45, 2.75) is 18.9 Å². The molecule has 0 amide bonds. The monoisotopic (exact) mass is 273 g/mol. The summed E-state index contributed by atoms with van der Waals surface area (Å²) in [7, 11) is 2.07. The molecule has 2 aromatic rings. The van der Waals surface area contributed by atoms with Crippen LogP contribution in [0.1, 0.15) is 12.8 Å². The Morgan fingerprint density at radius 1 is 1.25 bits per heavy atom. The lowest BCUT2D eigenvalue weighted by molar-refractivity contribution is 0.0854. The fraction of sp³-hybridized carbons (Fsp3) is 0.429. The fourth-order valence-electron chi connectivity index (χ4n) is 2.64. The standard InChI is InChI=1S/C14H19N5O/c1-19(10-6-8-20-9-7-10)13-11-4-2-3-5-12(11)16-14(17-13)18-15/h2-5,10H,6-9,15H2,1H3,(H,16,17,18). The Hall–Kier alpha value is -1.92. The SMILES string of the molecule is CN(c1nc(NN)nc2ccccc12)C1CCOCC1. The molecule has 0 spiro atoms. The number of para-hydroxylation sites is 1. The van der Waals surface area contributed by atoms with Crippen LogP contribution in [0.15, 0.2) is 24.3 Å². The van der Waals surface area contributed by atoms with Gasteiger partial charge < -0.3 is 9.64 Å². The lowest BCUT2D eigenvalue weighted by atomic mass is 10.1. The van der Waals surface area contributed by atoms with Crippen LogP contribution in [-0.4, -0.2) is 36.3 Å². The van der Waals surface area contributed by atoms with E-state index in [4.69, 9.17) is 10.6 Å². The average Bonchev–Trinajstić information content (AvgIpc) is 2.54. The molecule has 6 heteroatoms. The van der Waals surface area contributed by atoms with Gasteiger partial charge in [-0.05, 0) is 25.0 Å². The molecule has 1 aromatic carbocycles. The third-order valence-corrected chi connectivity index (χ3v) is 3.78. The Balaban J connectivity index is 2.04. The molecule has 1 fully saturated rings. The number of nitrogens with one attached hydrogen (secondary N) is 1. The van der Waals surface area contributed by atoms with Crippen molar-refractivity contribution in [2.75, 3.05) is 30.6 Å². The van der Waals surface area contributed by atoms with Crippen LogP contribution in [0.2, 0.25) is 0 Å². The van der Waals surface area contributed by atoms with Gasteiger partial charge in [0.15, 0.2) is 0 Å². The van der Waals surface area contributed by atoms with Crippen molar-refractivity contribution >= 4 is 22.7 Å². The fourth-order valence-corrected chi connectivity index (χ4v) is 2.64. The molecule has 1 saturated heterocycles. The number of nitrogens with two attached hydrogens (primary N) is 1. The number of hydrogen-bond donors (Lipinski definition) is 2. The first kappa shape index (κ1) is 13.1. The molecule has 1 aliphatic heterocycles. The third kappa shape index (κ3) is 2.39. The molecular weight excluding hydrogens is 254 g/mol. The van der Waals surface area contributed by atoms with Crippen molar-refractivity contribution in [1.29, 1.82) is 0 Å². The summed E-state index contributed by atoms with van der Waals surface area (Å²) in [5.41, 5.74) is 3.44. The number of nitrogen functional groups attached to an aromatic ring is 1. The minimum Gasteiger partial charge on any atom is -0.381 e. The summed E-state index contributed by atoms with van der Waals surface area (Å²) in [6.07, 6.45) is 2.03. The van der Waals surface area contributed by atoms with E-state index in [1.165, 1.54) is 0 Å². The highest BCUT2D eigenvalue weighted by Gasteiger charge is 2.21. The van der Waals surface area contributed by atoms with Gasteiger partial charge in [0.25, 0.3) is 0 Å². The maximum atomic E-state index is 5.47. The van der Waals surface area contributed by atoms with Crippen LogP contribution < -0.4 is 16.2 Å². The quantitative estimate of drug-likeness (QED) is 0.652. The van der Waals surface area contributed by atoms with Gasteiger partial charge >= 0.3 is 0 Å². The Kier molecular flexibility index (Phi) is 3.66. The molecule has 6 nitrogen and oxygen atoms in total. The molecule has 3 N–H and O–H groups in total. The van der Waals surface area contributed by atoms with Crippen molar-refractivity contribution < 1.29 is 4.74 Å². The molecule has 0 unspecified atom stereocenters. The van der Waals surface area contributed by atoms with Crippen LogP contribution >= 0.6 is 0 Å². The van der Waals surface area contributed by atoms with Crippen LogP contribution in [0.5, 0.6) is 0 Å². The second kappa shape index (κ2) is 5.60. The topological polar surface area (TPSA) is 76.3 Å². The van der Waals surface area contributed by atoms with E-state index in [1.54, 1.807) is 0 Å². The zero-order chi connectivity index (χ0) is 13.9. The maximum Gasteiger partial charge on any atom is 0.239 e. The maximum absolute atomic E-state index is 5.47. The molecule has 20 heavy (non-hydrogen) atoms. The first-order valence-corrected chi connectivity index (χ1v) is 6.83. The van der Waals surface area contributed by atoms with E-state index in [-0.39, 0.29) is 0 Å². The van der Waals surface area contributed by atoms with Gasteiger partial charge in [-0.15, -0.1) is 0 Å². The van der Waals surface area contributed by atoms with Gasteiger partial charge in [-0.1, -0.05) is 12.1 Å². The molecule has 0 radical (unpaired) electrons. The van der Waals surface area contributed by atoms with E-state index in [1.807, 2.05) is 24.3 Å². The number of anilines is 2. The minimum absolute atomic E-state index is 0.438. The largest absolute Gasteiger partial charge is 0.381 e. The Labute approximate surface area is 117 Å². The van der Waals surface area contributed by atoms with E-state index in [9.17, 15) is 0 Å². The molecule has 106 valence electrons. The zero-order valence-electron chi connectivity index (χ0n) is 11.5. The van der Waals surface area contributed by atoms with E-state index in [0.29, 0.717) is 12.0 Å². The van der Waals surface area contributed by atoms with Crippen molar-refractivity contribution in [3.05, 3.63) is 24.3 Å². The summed E-state index contributed by atoms with van der Waals surface area (Å²) in [4.78, 5) is 11.1. The predicted molar refractivity (Wildman–Crippen MR) is 79.6 cm³/mol. The molecule has 2 heterocycles. The van der Waals surface area contributed by atoms with Crippen molar-refractivity contribution in [2.24, 2.45) is 5.84 Å². The first-order chi connectivity index (χ1) is 9.79. The molecule has 0 aliphatic carbocycles. The van der Waals surface area contributed by atoms with Crippen LogP contribution in [0, 0.1) is 0 Å². The van der Waals surface area contributed by atoms with Gasteiger partial charge in [0, 0.05) is 31.7 Å². The number of ether oxygens (including phenoxy) is 1. The summed E-state index contributed by atoms with van der Waals surface area (Å²) in [5, 5.41) is 1.04. The highest BCUT2D eigenvalue weighted by atomic mass is 16.5. The van der Waals surface area contributed by atoms with Crippen LogP contribution in [-0.2, 0) is 4.74 Å². The van der Waals surface area contributed by atoms with Crippen LogP contribution in [0.4, 0.5) is 11.8 Å². The minimum atomic E-state index is 0.438. The number of nitrogens with zero attached hydrogens (tertiary/aromatic N) is 3. The summed E-state index contributed by atoms with van der Waals surface area (Å²) >= 11 is 0. The van der Waals surface area contributed by atoms with Gasteiger partial charge in [0.05, 0.1) is 5.52 Å². The number of benzene rings is 1. The van der Waals surface area contributed by atoms with Crippen molar-refractivity contribution in [3.8, 4) is 0 Å². The molecule has 0 atom stereocenters. The van der Waals surface area contributed by atoms with Crippen LogP contribution in [0.25, 0.3) is 10.9 Å². The van der Waals surface area contributed by atoms with Gasteiger partial charge in [-0.2, -0.15) is 4.98 Å². The normalized spacial score (nSPS) is 16.3. The van der Waals surface area contributed by atoms with E-state index in [2.05, 4.69) is 27.3 Å². The Bertz CT molecular complexity index is 597. The van der Waals surface area contributed by atoms with E-state index < -0.39 is 0 Å². The smallest absolute Gasteiger partial charge is 0.239 e. The van der Waals surface area contributed by atoms with Crippen molar-refractivity contribution in [3.63, 3.8) is 0 Å². The number of rotatable bonds is 3. The summed E-state index contributed by atoms with van der Waals surface area (Å²) in [6.45, 7) is 1.61. The van der Waals surface area contributed by atoms with E-state index in [0.717, 1.165) is 42.8 Å². The van der Waals surface area contributed by atoms with Gasteiger partial charge in [-0.3, -0.25) is 5.43 Å². The summed E-state index contributed by atoms with van der Waals surface area (Å²) in [5.74, 6) is 6.83. The molecular formula is C14H19N5O. The van der Waals surface area contributed by atoms with Gasteiger partial charge in [0.2, 0.25) is 5.95 Å². The Morgan fingerprint density at radius 3 is 2.75 bits per heavy atom. The molecule has 0 saturated carbocycles. The summed E-state index contributed by atoms with van der Waals surface area (Å²) < 4.78 is 5.43. The van der Waals surface area contributed by atoms with Gasteiger partial charge in [-0.25, -0.2) is 10.8 Å². The molecule has 0 bridgehead atoms. The average molecular weight is 273 g/mol. The van der Waals surface area contributed by atoms with E-state index >= 15 is 0 Å². The third-order valence-electron chi connectivity index (χ3n) is 3.78.